The van der Waals surface area contributed by atoms with Crippen LogP contribution < -0.4 is 10.0 Å². The van der Waals surface area contributed by atoms with Crippen molar-refractivity contribution in [3.8, 4) is 0 Å². The van der Waals surface area contributed by atoms with Gasteiger partial charge in [-0.05, 0) is 50.0 Å². The monoisotopic (exact) mass is 338 g/mol. The van der Waals surface area contributed by atoms with Crippen molar-refractivity contribution in [3.63, 3.8) is 0 Å². The first-order valence-corrected chi connectivity index (χ1v) is 9.10. The Balaban J connectivity index is 2.28. The fourth-order valence-electron chi connectivity index (χ4n) is 2.01. The van der Waals surface area contributed by atoms with E-state index < -0.39 is 10.0 Å². The first-order chi connectivity index (χ1) is 10.3. The molecule has 22 heavy (non-hydrogen) atoms. The third-order valence-electron chi connectivity index (χ3n) is 3.35. The quantitative estimate of drug-likeness (QED) is 0.879. The first-order valence-electron chi connectivity index (χ1n) is 6.73. The van der Waals surface area contributed by atoms with Gasteiger partial charge >= 0.3 is 0 Å². The van der Waals surface area contributed by atoms with Gasteiger partial charge in [-0.1, -0.05) is 12.1 Å². The Morgan fingerprint density at radius 1 is 1.27 bits per heavy atom. The summed E-state index contributed by atoms with van der Waals surface area (Å²) in [6.07, 6.45) is 0. The first kappa shape index (κ1) is 16.7. The molecule has 7 heteroatoms. The molecule has 0 radical (unpaired) electrons. The molecule has 0 saturated carbocycles. The number of benzene rings is 1. The molecule has 2 aromatic rings. The van der Waals surface area contributed by atoms with Crippen molar-refractivity contribution in [2.75, 3.05) is 7.05 Å². The lowest BCUT2D eigenvalue weighted by Gasteiger charge is -2.14. The maximum Gasteiger partial charge on any atom is 0.252 e. The van der Waals surface area contributed by atoms with E-state index in [1.807, 2.05) is 24.4 Å². The highest BCUT2D eigenvalue weighted by atomic mass is 32.2. The molecule has 2 N–H and O–H groups in total. The zero-order chi connectivity index (χ0) is 16.3. The van der Waals surface area contributed by atoms with Gasteiger partial charge in [0.2, 0.25) is 10.0 Å². The average Bonchev–Trinajstić information content (AvgIpc) is 3.01. The van der Waals surface area contributed by atoms with Gasteiger partial charge in [-0.25, -0.2) is 13.1 Å². The van der Waals surface area contributed by atoms with Crippen molar-refractivity contribution in [1.29, 1.82) is 0 Å². The van der Waals surface area contributed by atoms with Crippen molar-refractivity contribution in [2.24, 2.45) is 0 Å². The smallest absolute Gasteiger partial charge is 0.252 e. The fourth-order valence-corrected chi connectivity index (χ4v) is 3.50. The molecule has 1 unspecified atom stereocenters. The second-order valence-electron chi connectivity index (χ2n) is 4.89. The van der Waals surface area contributed by atoms with Crippen molar-refractivity contribution in [3.05, 3.63) is 51.7 Å². The van der Waals surface area contributed by atoms with Gasteiger partial charge in [-0.15, -0.1) is 11.3 Å². The fraction of sp³-hybridized carbons (Fsp3) is 0.267. The molecule has 1 aromatic carbocycles. The van der Waals surface area contributed by atoms with E-state index in [1.54, 1.807) is 24.3 Å². The number of hydrogen-bond donors (Lipinski definition) is 2. The predicted molar refractivity (Wildman–Crippen MR) is 87.6 cm³/mol. The number of rotatable bonds is 5. The Morgan fingerprint density at radius 3 is 2.59 bits per heavy atom. The van der Waals surface area contributed by atoms with Gasteiger partial charge < -0.3 is 5.32 Å². The van der Waals surface area contributed by atoms with Crippen molar-refractivity contribution >= 4 is 27.3 Å². The van der Waals surface area contributed by atoms with Crippen LogP contribution in [0.3, 0.4) is 0 Å². The molecule has 1 amide bonds. The molecule has 0 aliphatic rings. The van der Waals surface area contributed by atoms with Gasteiger partial charge in [0.05, 0.1) is 10.9 Å². The summed E-state index contributed by atoms with van der Waals surface area (Å²) < 4.78 is 26.0. The van der Waals surface area contributed by atoms with E-state index in [1.165, 1.54) is 19.2 Å². The van der Waals surface area contributed by atoms with Crippen molar-refractivity contribution in [1.82, 2.24) is 10.0 Å². The van der Waals surface area contributed by atoms with Crippen LogP contribution in [0.4, 0.5) is 0 Å². The van der Waals surface area contributed by atoms with Gasteiger partial charge in [0.1, 0.15) is 0 Å². The molecular formula is C15H18N2O3S2. The minimum atomic E-state index is -3.57. The number of amides is 1. The van der Waals surface area contributed by atoms with E-state index >= 15 is 0 Å². The topological polar surface area (TPSA) is 75.3 Å². The van der Waals surface area contributed by atoms with E-state index in [4.69, 9.17) is 0 Å². The summed E-state index contributed by atoms with van der Waals surface area (Å²) in [7, 11) is -2.23. The molecule has 0 bridgehead atoms. The van der Waals surface area contributed by atoms with Gasteiger partial charge in [0, 0.05) is 10.4 Å². The summed E-state index contributed by atoms with van der Waals surface area (Å²) in [6.45, 7) is 3.67. The van der Waals surface area contributed by atoms with E-state index in [2.05, 4.69) is 10.0 Å². The number of sulfonamides is 1. The number of aryl methyl sites for hydroxylation is 1. The summed E-state index contributed by atoms with van der Waals surface area (Å²) in [4.78, 5) is 13.5. The summed E-state index contributed by atoms with van der Waals surface area (Å²) in [5, 5.41) is 4.84. The molecule has 0 fully saturated rings. The summed E-state index contributed by atoms with van der Waals surface area (Å²) in [6, 6.07) is 8.27. The van der Waals surface area contributed by atoms with Gasteiger partial charge in [-0.3, -0.25) is 4.79 Å². The van der Waals surface area contributed by atoms with Crippen LogP contribution in [0.15, 0.2) is 40.6 Å². The third-order valence-corrected chi connectivity index (χ3v) is 5.82. The lowest BCUT2D eigenvalue weighted by molar-refractivity contribution is 0.0939. The van der Waals surface area contributed by atoms with Crippen LogP contribution in [0.2, 0.25) is 0 Å². The SMILES string of the molecule is CNS(=O)(=O)c1ccc(C)c(C(=O)NC(C)c2cccs2)c1. The summed E-state index contributed by atoms with van der Waals surface area (Å²) in [5.74, 6) is -0.286. The maximum absolute atomic E-state index is 12.4. The van der Waals surface area contributed by atoms with Crippen LogP contribution in [0, 0.1) is 6.92 Å². The van der Waals surface area contributed by atoms with Crippen LogP contribution >= 0.6 is 11.3 Å². The highest BCUT2D eigenvalue weighted by Gasteiger charge is 2.18. The highest BCUT2D eigenvalue weighted by Crippen LogP contribution is 2.20. The van der Waals surface area contributed by atoms with E-state index in [0.717, 1.165) is 10.4 Å². The van der Waals surface area contributed by atoms with Gasteiger partial charge in [0.25, 0.3) is 5.91 Å². The zero-order valence-corrected chi connectivity index (χ0v) is 14.2. The molecule has 0 spiro atoms. The normalized spacial score (nSPS) is 12.9. The van der Waals surface area contributed by atoms with Crippen molar-refractivity contribution in [2.45, 2.75) is 24.8 Å². The van der Waals surface area contributed by atoms with Crippen molar-refractivity contribution < 1.29 is 13.2 Å². The standard InChI is InChI=1S/C15H18N2O3S2/c1-10-6-7-12(22(19,20)16-3)9-13(10)15(18)17-11(2)14-5-4-8-21-14/h4-9,11,16H,1-3H3,(H,17,18). The van der Waals surface area contributed by atoms with Crippen LogP contribution in [0.5, 0.6) is 0 Å². The molecule has 0 aliphatic heterocycles. The Bertz CT molecular complexity index is 768. The highest BCUT2D eigenvalue weighted by molar-refractivity contribution is 7.89. The minimum Gasteiger partial charge on any atom is -0.345 e. The molecular weight excluding hydrogens is 320 g/mol. The Morgan fingerprint density at radius 2 is 2.00 bits per heavy atom. The van der Waals surface area contributed by atoms with Gasteiger partial charge in [0.15, 0.2) is 0 Å². The van der Waals surface area contributed by atoms with Crippen LogP contribution in [0.25, 0.3) is 0 Å². The second-order valence-corrected chi connectivity index (χ2v) is 7.76. The number of carbonyl (C=O) groups is 1. The number of carbonyl (C=O) groups excluding carboxylic acids is 1. The molecule has 118 valence electrons. The largest absolute Gasteiger partial charge is 0.345 e. The van der Waals surface area contributed by atoms with E-state index in [9.17, 15) is 13.2 Å². The average molecular weight is 338 g/mol. The maximum atomic E-state index is 12.4. The van der Waals surface area contributed by atoms with E-state index in [0.29, 0.717) is 5.56 Å². The lowest BCUT2D eigenvalue weighted by atomic mass is 10.1. The molecule has 2 rings (SSSR count). The molecule has 1 atom stereocenters. The minimum absolute atomic E-state index is 0.0783. The Kier molecular flexibility index (Phi) is 5.00. The Labute approximate surface area is 134 Å². The zero-order valence-electron chi connectivity index (χ0n) is 12.6. The van der Waals surface area contributed by atoms with Crippen LogP contribution in [0.1, 0.15) is 33.8 Å². The second kappa shape index (κ2) is 6.60. The third kappa shape index (κ3) is 3.55. The molecule has 1 heterocycles. The Hall–Kier alpha value is -1.70. The van der Waals surface area contributed by atoms with Gasteiger partial charge in [-0.2, -0.15) is 0 Å². The van der Waals surface area contributed by atoms with E-state index in [-0.39, 0.29) is 16.8 Å². The van der Waals surface area contributed by atoms with Crippen LogP contribution in [-0.4, -0.2) is 21.4 Å². The predicted octanol–water partition coefficient (Wildman–Crippen LogP) is 2.46. The summed E-state index contributed by atoms with van der Waals surface area (Å²) in [5.41, 5.74) is 1.09. The molecule has 0 saturated heterocycles. The number of nitrogens with one attached hydrogen (secondary N) is 2. The van der Waals surface area contributed by atoms with Crippen LogP contribution in [-0.2, 0) is 10.0 Å². The number of thiophene rings is 1. The molecule has 1 aromatic heterocycles. The molecule has 0 aliphatic carbocycles. The summed E-state index contributed by atoms with van der Waals surface area (Å²) >= 11 is 1.56. The lowest BCUT2D eigenvalue weighted by Crippen LogP contribution is -2.27. The number of hydrogen-bond acceptors (Lipinski definition) is 4. The molecule has 5 nitrogen and oxygen atoms in total.